The van der Waals surface area contributed by atoms with Crippen LogP contribution in [0.15, 0.2) is 72.9 Å². The highest BCUT2D eigenvalue weighted by Crippen LogP contribution is 2.53. The molecule has 6 nitrogen and oxygen atoms in total. The normalized spacial score (nSPS) is 13.0. The van der Waals surface area contributed by atoms with Gasteiger partial charge in [0.05, 0.1) is 0 Å². The van der Waals surface area contributed by atoms with Gasteiger partial charge >= 0.3 is 7.60 Å². The highest BCUT2D eigenvalue weighted by Gasteiger charge is 2.38. The Balaban J connectivity index is 1.72. The van der Waals surface area contributed by atoms with Crippen LogP contribution in [0.5, 0.6) is 0 Å². The van der Waals surface area contributed by atoms with E-state index in [0.717, 1.165) is 10.8 Å². The van der Waals surface area contributed by atoms with Crippen LogP contribution in [0.3, 0.4) is 0 Å². The lowest BCUT2D eigenvalue weighted by molar-refractivity contribution is -0.116. The van der Waals surface area contributed by atoms with E-state index in [-0.39, 0.29) is 5.56 Å². The third-order valence-corrected chi connectivity index (χ3v) is 5.70. The van der Waals surface area contributed by atoms with Gasteiger partial charge in [-0.25, -0.2) is 0 Å². The summed E-state index contributed by atoms with van der Waals surface area (Å²) in [4.78, 5) is 35.5. The molecule has 0 fully saturated rings. The van der Waals surface area contributed by atoms with Crippen LogP contribution in [0.2, 0.25) is 0 Å². The van der Waals surface area contributed by atoms with Crippen molar-refractivity contribution >= 4 is 40.9 Å². The molecule has 0 aliphatic heterocycles. The van der Waals surface area contributed by atoms with Gasteiger partial charge in [-0.1, -0.05) is 48.5 Å². The first kappa shape index (κ1) is 17.5. The van der Waals surface area contributed by atoms with Crippen molar-refractivity contribution in [3.63, 3.8) is 0 Å². The Morgan fingerprint density at radius 1 is 0.963 bits per heavy atom. The fraction of sp³-hybridized carbons (Fsp3) is 0.0500. The summed E-state index contributed by atoms with van der Waals surface area (Å²) < 4.78 is 12.1. The van der Waals surface area contributed by atoms with Crippen LogP contribution in [-0.4, -0.2) is 20.7 Å². The van der Waals surface area contributed by atoms with Crippen LogP contribution in [0.4, 0.5) is 5.69 Å². The first-order chi connectivity index (χ1) is 12.9. The van der Waals surface area contributed by atoms with Crippen LogP contribution < -0.4 is 5.32 Å². The van der Waals surface area contributed by atoms with Gasteiger partial charge in [-0.2, -0.15) is 0 Å². The van der Waals surface area contributed by atoms with Gasteiger partial charge in [0, 0.05) is 28.4 Å². The first-order valence-electron chi connectivity index (χ1n) is 8.34. The number of hydrogen-bond acceptors (Lipinski definition) is 2. The summed E-state index contributed by atoms with van der Waals surface area (Å²) in [5.74, 6) is -0.747. The second-order valence-electron chi connectivity index (χ2n) is 6.33. The standard InChI is InChI=1S/C20H17N2O4P/c23-20(22-15-10-9-13-5-1-2-6-14(13)11-15)19(27(24,25)26)17-12-21-18-8-4-3-7-16(17)18/h1-12,19,21H,(H,22,23)(H2,24,25,26). The minimum absolute atomic E-state index is 0.275. The predicted molar refractivity (Wildman–Crippen MR) is 106 cm³/mol. The third-order valence-electron chi connectivity index (χ3n) is 4.52. The smallest absolute Gasteiger partial charge is 0.342 e. The predicted octanol–water partition coefficient (Wildman–Crippen LogP) is 4.18. The molecule has 1 atom stereocenters. The molecule has 1 heterocycles. The lowest BCUT2D eigenvalue weighted by atomic mass is 10.1. The van der Waals surface area contributed by atoms with Crippen molar-refractivity contribution < 1.29 is 19.1 Å². The van der Waals surface area contributed by atoms with Crippen LogP contribution in [-0.2, 0) is 9.36 Å². The maximum absolute atomic E-state index is 12.8. The van der Waals surface area contributed by atoms with Crippen molar-refractivity contribution in [2.24, 2.45) is 0 Å². The van der Waals surface area contributed by atoms with Gasteiger partial charge in [0.25, 0.3) is 0 Å². The number of rotatable bonds is 4. The molecule has 136 valence electrons. The van der Waals surface area contributed by atoms with E-state index >= 15 is 0 Å². The monoisotopic (exact) mass is 380 g/mol. The number of carbonyl (C=O) groups excluding carboxylic acids is 1. The zero-order valence-electron chi connectivity index (χ0n) is 14.2. The van der Waals surface area contributed by atoms with E-state index in [4.69, 9.17) is 0 Å². The van der Waals surface area contributed by atoms with Crippen LogP contribution in [0.25, 0.3) is 21.7 Å². The number of H-pyrrole nitrogens is 1. The zero-order chi connectivity index (χ0) is 19.0. The van der Waals surface area contributed by atoms with E-state index in [2.05, 4.69) is 10.3 Å². The topological polar surface area (TPSA) is 102 Å². The van der Waals surface area contributed by atoms with Gasteiger partial charge < -0.3 is 20.1 Å². The Hall–Kier alpha value is -2.92. The first-order valence-corrected chi connectivity index (χ1v) is 10.0. The van der Waals surface area contributed by atoms with Crippen LogP contribution in [0, 0.1) is 0 Å². The summed E-state index contributed by atoms with van der Waals surface area (Å²) in [5.41, 5.74) is -0.126. The molecule has 0 saturated heterocycles. The Bertz CT molecular complexity index is 1190. The van der Waals surface area contributed by atoms with Crippen molar-refractivity contribution in [1.82, 2.24) is 4.98 Å². The molecule has 4 aromatic rings. The summed E-state index contributed by atoms with van der Waals surface area (Å²) in [6.45, 7) is 0. The Morgan fingerprint density at radius 3 is 2.44 bits per heavy atom. The number of benzene rings is 3. The molecular weight excluding hydrogens is 363 g/mol. The summed E-state index contributed by atoms with van der Waals surface area (Å²) in [6.07, 6.45) is 1.48. The molecule has 4 N–H and O–H groups in total. The highest BCUT2D eigenvalue weighted by atomic mass is 31.2. The minimum atomic E-state index is -4.74. The number of para-hydroxylation sites is 1. The number of amides is 1. The molecule has 4 rings (SSSR count). The fourth-order valence-electron chi connectivity index (χ4n) is 3.27. The number of anilines is 1. The second-order valence-corrected chi connectivity index (χ2v) is 8.03. The lowest BCUT2D eigenvalue weighted by Crippen LogP contribution is -2.21. The molecule has 0 spiro atoms. The molecule has 27 heavy (non-hydrogen) atoms. The number of fused-ring (bicyclic) bond motifs is 2. The van der Waals surface area contributed by atoms with Crippen molar-refractivity contribution in [3.05, 3.63) is 78.5 Å². The number of aromatic nitrogens is 1. The quantitative estimate of drug-likeness (QED) is 0.399. The number of aromatic amines is 1. The summed E-state index contributed by atoms with van der Waals surface area (Å²) in [5, 5.41) is 5.20. The van der Waals surface area contributed by atoms with E-state index < -0.39 is 19.2 Å². The van der Waals surface area contributed by atoms with E-state index in [1.54, 1.807) is 30.3 Å². The molecule has 1 amide bonds. The van der Waals surface area contributed by atoms with Gasteiger partial charge in [0.2, 0.25) is 5.91 Å². The summed E-state index contributed by atoms with van der Waals surface area (Å²) in [6, 6.07) is 20.1. The molecule has 1 unspecified atom stereocenters. The van der Waals surface area contributed by atoms with Crippen molar-refractivity contribution in [3.8, 4) is 0 Å². The number of nitrogens with one attached hydrogen (secondary N) is 2. The highest BCUT2D eigenvalue weighted by molar-refractivity contribution is 7.53. The van der Waals surface area contributed by atoms with Gasteiger partial charge in [0.1, 0.15) is 0 Å². The molecule has 0 bridgehead atoms. The summed E-state index contributed by atoms with van der Waals surface area (Å²) in [7, 11) is -4.74. The van der Waals surface area contributed by atoms with Crippen LogP contribution in [0.1, 0.15) is 11.2 Å². The second kappa shape index (κ2) is 6.67. The number of hydrogen-bond donors (Lipinski definition) is 4. The molecule has 0 aliphatic rings. The van der Waals surface area contributed by atoms with Gasteiger partial charge in [-0.15, -0.1) is 0 Å². The van der Waals surface area contributed by atoms with Gasteiger partial charge in [0.15, 0.2) is 5.66 Å². The van der Waals surface area contributed by atoms with Crippen molar-refractivity contribution in [1.29, 1.82) is 0 Å². The number of carbonyl (C=O) groups is 1. The average molecular weight is 380 g/mol. The van der Waals surface area contributed by atoms with Crippen molar-refractivity contribution in [2.75, 3.05) is 5.32 Å². The molecule has 7 heteroatoms. The molecular formula is C20H17N2O4P. The minimum Gasteiger partial charge on any atom is -0.361 e. The molecule has 1 aromatic heterocycles. The third kappa shape index (κ3) is 3.38. The molecule has 0 aliphatic carbocycles. The molecule has 0 saturated carbocycles. The Morgan fingerprint density at radius 2 is 1.67 bits per heavy atom. The lowest BCUT2D eigenvalue weighted by Gasteiger charge is -2.18. The van der Waals surface area contributed by atoms with E-state index in [9.17, 15) is 19.1 Å². The van der Waals surface area contributed by atoms with E-state index in [0.29, 0.717) is 16.6 Å². The Kier molecular flexibility index (Phi) is 4.32. The maximum Gasteiger partial charge on any atom is 0.342 e. The fourth-order valence-corrected chi connectivity index (χ4v) is 4.22. The summed E-state index contributed by atoms with van der Waals surface area (Å²) >= 11 is 0. The maximum atomic E-state index is 12.8. The molecule has 0 radical (unpaired) electrons. The molecule has 3 aromatic carbocycles. The largest absolute Gasteiger partial charge is 0.361 e. The van der Waals surface area contributed by atoms with Crippen molar-refractivity contribution in [2.45, 2.75) is 5.66 Å². The van der Waals surface area contributed by atoms with E-state index in [1.807, 2.05) is 36.4 Å². The average Bonchev–Trinajstić information content (AvgIpc) is 3.04. The van der Waals surface area contributed by atoms with Gasteiger partial charge in [-0.3, -0.25) is 9.36 Å². The zero-order valence-corrected chi connectivity index (χ0v) is 15.1. The Labute approximate surface area is 155 Å². The van der Waals surface area contributed by atoms with Crippen LogP contribution >= 0.6 is 7.60 Å². The SMILES string of the molecule is O=C(Nc1ccc2ccccc2c1)C(c1c[nH]c2ccccc12)P(=O)(O)O. The van der Waals surface area contributed by atoms with Gasteiger partial charge in [-0.05, 0) is 29.0 Å². The van der Waals surface area contributed by atoms with E-state index in [1.165, 1.54) is 6.20 Å².